The van der Waals surface area contributed by atoms with Gasteiger partial charge in [-0.1, -0.05) is 28.1 Å². The number of nitrogens with one attached hydrogen (secondary N) is 2. The molecule has 0 aliphatic carbocycles. The lowest BCUT2D eigenvalue weighted by atomic mass is 10.0. The molecule has 44 heavy (non-hydrogen) atoms. The summed E-state index contributed by atoms with van der Waals surface area (Å²) in [5, 5.41) is 17.2. The third-order valence-electron chi connectivity index (χ3n) is 7.71. The Labute approximate surface area is 262 Å². The molecule has 0 aromatic heterocycles. The van der Waals surface area contributed by atoms with Crippen molar-refractivity contribution in [2.45, 2.75) is 25.6 Å². The Morgan fingerprint density at radius 3 is 2.52 bits per heavy atom. The Kier molecular flexibility index (Phi) is 8.94. The summed E-state index contributed by atoms with van der Waals surface area (Å²) in [6, 6.07) is 19.6. The molecule has 4 aromatic rings. The summed E-state index contributed by atoms with van der Waals surface area (Å²) in [5.41, 5.74) is 1.81. The number of benzene rings is 4. The molecule has 2 atom stereocenters. The zero-order valence-corrected chi connectivity index (χ0v) is 25.8. The highest BCUT2D eigenvalue weighted by Crippen LogP contribution is 2.39. The van der Waals surface area contributed by atoms with Gasteiger partial charge in [0, 0.05) is 15.6 Å². The van der Waals surface area contributed by atoms with Crippen LogP contribution in [0.1, 0.15) is 28.4 Å². The van der Waals surface area contributed by atoms with Crippen LogP contribution >= 0.6 is 15.9 Å². The van der Waals surface area contributed by atoms with Crippen molar-refractivity contribution < 1.29 is 23.5 Å². The van der Waals surface area contributed by atoms with Crippen LogP contribution in [-0.4, -0.2) is 50.5 Å². The fourth-order valence-electron chi connectivity index (χ4n) is 5.22. The number of fused-ring (bicyclic) bond motifs is 2. The fourth-order valence-corrected chi connectivity index (χ4v) is 5.71. The number of hydrogen-bond acceptors (Lipinski definition) is 6. The lowest BCUT2D eigenvalue weighted by Gasteiger charge is -2.27. The lowest BCUT2D eigenvalue weighted by Crippen LogP contribution is -2.55. The van der Waals surface area contributed by atoms with E-state index in [0.29, 0.717) is 22.7 Å². The van der Waals surface area contributed by atoms with Gasteiger partial charge in [0.2, 0.25) is 5.91 Å². The van der Waals surface area contributed by atoms with Crippen molar-refractivity contribution in [1.29, 1.82) is 5.26 Å². The molecule has 0 fully saturated rings. The first-order valence-corrected chi connectivity index (χ1v) is 14.6. The van der Waals surface area contributed by atoms with Gasteiger partial charge in [0.25, 0.3) is 11.8 Å². The van der Waals surface area contributed by atoms with E-state index in [9.17, 15) is 24.0 Å². The number of methoxy groups -OCH3 is 1. The summed E-state index contributed by atoms with van der Waals surface area (Å²) < 4.78 is 20.3. The number of halogens is 2. The molecule has 2 unspecified atom stereocenters. The van der Waals surface area contributed by atoms with Crippen molar-refractivity contribution in [3.63, 3.8) is 0 Å². The first kappa shape index (κ1) is 30.7. The number of carbonyl (C=O) groups is 3. The van der Waals surface area contributed by atoms with E-state index in [2.05, 4.69) is 32.6 Å². The van der Waals surface area contributed by atoms with E-state index >= 15 is 0 Å². The van der Waals surface area contributed by atoms with E-state index < -0.39 is 35.6 Å². The van der Waals surface area contributed by atoms with Crippen molar-refractivity contribution in [2.24, 2.45) is 0 Å². The van der Waals surface area contributed by atoms with Crippen LogP contribution in [0.15, 0.2) is 77.3 Å². The summed E-state index contributed by atoms with van der Waals surface area (Å²) in [5.74, 6) is -1.38. The van der Waals surface area contributed by atoms with Crippen LogP contribution in [0.25, 0.3) is 10.8 Å². The Hall–Kier alpha value is -4.79. The highest BCUT2D eigenvalue weighted by Gasteiger charge is 2.38. The maximum absolute atomic E-state index is 14.5. The van der Waals surface area contributed by atoms with Gasteiger partial charge in [-0.25, -0.2) is 4.39 Å². The third kappa shape index (κ3) is 5.86. The molecule has 5 rings (SSSR count). The van der Waals surface area contributed by atoms with Gasteiger partial charge in [-0.05, 0) is 85.4 Å². The fraction of sp³-hybridized carbons (Fsp3) is 0.212. The molecule has 0 spiro atoms. The Balaban J connectivity index is 1.71. The summed E-state index contributed by atoms with van der Waals surface area (Å²) >= 11 is 3.60. The van der Waals surface area contributed by atoms with Crippen LogP contribution in [0.5, 0.6) is 5.75 Å². The monoisotopic (exact) mass is 657 g/mol. The molecule has 11 heteroatoms. The van der Waals surface area contributed by atoms with E-state index in [4.69, 9.17) is 4.74 Å². The van der Waals surface area contributed by atoms with E-state index in [-0.39, 0.29) is 24.2 Å². The van der Waals surface area contributed by atoms with Gasteiger partial charge >= 0.3 is 0 Å². The standard InChI is InChI=1S/C33H29BrFN5O4/c1-19(37-2)31(41)38-27-18-40(32(42)21-8-10-22(35)11-9-21)29-15-20(16-36)7-13-28(29)39(33(27)43)17-25-23-5-4-6-26(34)24(23)12-14-30(25)44-3/h4-15,19,27,37H,17-18H2,1-3H3,(H,38,41). The van der Waals surface area contributed by atoms with Crippen LogP contribution in [0.2, 0.25) is 0 Å². The van der Waals surface area contributed by atoms with E-state index in [1.54, 1.807) is 33.2 Å². The van der Waals surface area contributed by atoms with Crippen LogP contribution < -0.4 is 25.2 Å². The average molecular weight is 659 g/mol. The summed E-state index contributed by atoms with van der Waals surface area (Å²) in [6.45, 7) is 1.46. The van der Waals surface area contributed by atoms with E-state index in [1.165, 1.54) is 40.1 Å². The quantitative estimate of drug-likeness (QED) is 0.292. The molecule has 2 N–H and O–H groups in total. The number of rotatable bonds is 7. The molecule has 1 aliphatic heterocycles. The van der Waals surface area contributed by atoms with Crippen LogP contribution in [0, 0.1) is 17.1 Å². The number of ether oxygens (including phenoxy) is 1. The second-order valence-electron chi connectivity index (χ2n) is 10.3. The largest absolute Gasteiger partial charge is 0.496 e. The minimum absolute atomic E-state index is 0.0290. The zero-order valence-electron chi connectivity index (χ0n) is 24.2. The van der Waals surface area contributed by atoms with Crippen molar-refractivity contribution >= 4 is 55.8 Å². The summed E-state index contributed by atoms with van der Waals surface area (Å²) in [6.07, 6.45) is 0. The lowest BCUT2D eigenvalue weighted by molar-refractivity contribution is -0.128. The van der Waals surface area contributed by atoms with Gasteiger partial charge in [0.1, 0.15) is 17.6 Å². The Bertz CT molecular complexity index is 1810. The average Bonchev–Trinajstić information content (AvgIpc) is 3.14. The number of amides is 3. The highest BCUT2D eigenvalue weighted by molar-refractivity contribution is 9.10. The predicted octanol–water partition coefficient (Wildman–Crippen LogP) is 4.91. The Morgan fingerprint density at radius 2 is 1.84 bits per heavy atom. The van der Waals surface area contributed by atoms with Crippen LogP contribution in [0.4, 0.5) is 15.8 Å². The second-order valence-corrected chi connectivity index (χ2v) is 11.2. The number of hydrogen-bond donors (Lipinski definition) is 2. The first-order valence-electron chi connectivity index (χ1n) is 13.8. The first-order chi connectivity index (χ1) is 21.2. The van der Waals surface area contributed by atoms with Crippen molar-refractivity contribution in [1.82, 2.24) is 10.6 Å². The Morgan fingerprint density at radius 1 is 1.09 bits per heavy atom. The maximum Gasteiger partial charge on any atom is 0.258 e. The molecule has 9 nitrogen and oxygen atoms in total. The van der Waals surface area contributed by atoms with Gasteiger partial charge in [-0.3, -0.25) is 14.4 Å². The summed E-state index contributed by atoms with van der Waals surface area (Å²) in [7, 11) is 3.17. The van der Waals surface area contributed by atoms with Gasteiger partial charge in [-0.2, -0.15) is 5.26 Å². The highest BCUT2D eigenvalue weighted by atomic mass is 79.9. The third-order valence-corrected chi connectivity index (χ3v) is 8.40. The van der Waals surface area contributed by atoms with Gasteiger partial charge < -0.3 is 25.2 Å². The van der Waals surface area contributed by atoms with E-state index in [1.807, 2.05) is 30.3 Å². The second kappa shape index (κ2) is 12.8. The molecule has 0 saturated heterocycles. The summed E-state index contributed by atoms with van der Waals surface area (Å²) in [4.78, 5) is 44.4. The molecule has 0 saturated carbocycles. The molecule has 224 valence electrons. The van der Waals surface area contributed by atoms with E-state index in [0.717, 1.165) is 15.2 Å². The molecular formula is C33H29BrFN5O4. The number of likely N-dealkylation sites (N-methyl/N-ethyl adjacent to an activating group) is 1. The number of carbonyl (C=O) groups excluding carboxylic acids is 3. The van der Waals surface area contributed by atoms with Gasteiger partial charge in [0.05, 0.1) is 49.2 Å². The molecule has 1 heterocycles. The number of anilines is 2. The smallest absolute Gasteiger partial charge is 0.258 e. The molecule has 4 aromatic carbocycles. The zero-order chi connectivity index (χ0) is 31.5. The molecule has 1 aliphatic rings. The SMILES string of the molecule is CNC(C)C(=O)NC1CN(C(=O)c2ccc(F)cc2)c2cc(C#N)ccc2N(Cc2c(OC)ccc3c(Br)cccc23)C1=O. The molecule has 3 amide bonds. The van der Waals surface area contributed by atoms with Crippen LogP contribution in [0.3, 0.4) is 0 Å². The topological polar surface area (TPSA) is 115 Å². The van der Waals surface area contributed by atoms with Crippen molar-refractivity contribution in [3.05, 3.63) is 99.8 Å². The van der Waals surface area contributed by atoms with Gasteiger partial charge in [0.15, 0.2) is 0 Å². The number of nitriles is 1. The van der Waals surface area contributed by atoms with Crippen molar-refractivity contribution in [2.75, 3.05) is 30.5 Å². The van der Waals surface area contributed by atoms with Gasteiger partial charge in [-0.15, -0.1) is 0 Å². The van der Waals surface area contributed by atoms with Crippen LogP contribution in [-0.2, 0) is 16.1 Å². The number of nitrogens with zero attached hydrogens (tertiary/aromatic N) is 3. The normalized spacial score (nSPS) is 15.3. The maximum atomic E-state index is 14.5. The molecule has 0 radical (unpaired) electrons. The molecular weight excluding hydrogens is 629 g/mol. The predicted molar refractivity (Wildman–Crippen MR) is 169 cm³/mol. The molecule has 0 bridgehead atoms. The minimum atomic E-state index is -1.16. The minimum Gasteiger partial charge on any atom is -0.496 e. The van der Waals surface area contributed by atoms with Crippen molar-refractivity contribution in [3.8, 4) is 11.8 Å².